The second-order valence-electron chi connectivity index (χ2n) is 6.47. The maximum Gasteiger partial charge on any atom is 0.251 e. The molecule has 0 bridgehead atoms. The van der Waals surface area contributed by atoms with Gasteiger partial charge in [0.05, 0.1) is 13.1 Å². The monoisotopic (exact) mass is 496 g/mol. The van der Waals surface area contributed by atoms with Crippen molar-refractivity contribution in [2.45, 2.75) is 26.0 Å². The summed E-state index contributed by atoms with van der Waals surface area (Å²) in [4.78, 5) is 16.3. The molecule has 152 valence electrons. The first kappa shape index (κ1) is 23.9. The number of benzene rings is 2. The molecule has 1 amide bonds. The molecule has 0 saturated heterocycles. The number of nitrogens with zero attached hydrogens (tertiary/aromatic N) is 1. The van der Waals surface area contributed by atoms with Gasteiger partial charge >= 0.3 is 0 Å². The van der Waals surface area contributed by atoms with E-state index in [0.29, 0.717) is 31.2 Å². The molecule has 0 aliphatic heterocycles. The lowest BCUT2D eigenvalue weighted by atomic mass is 9.96. The zero-order valence-corrected chi connectivity index (χ0v) is 18.9. The maximum atomic E-state index is 11.8. The van der Waals surface area contributed by atoms with Gasteiger partial charge in [0.1, 0.15) is 5.60 Å². The Bertz CT molecular complexity index is 779. The summed E-state index contributed by atoms with van der Waals surface area (Å²) in [5.74, 6) is 0.490. The van der Waals surface area contributed by atoms with Crippen LogP contribution in [0.15, 0.2) is 59.6 Å². The molecule has 0 aromatic heterocycles. The fourth-order valence-corrected chi connectivity index (χ4v) is 2.62. The highest BCUT2D eigenvalue weighted by Gasteiger charge is 2.22. The number of aliphatic hydroxyl groups is 1. The number of halogens is 1. The summed E-state index contributed by atoms with van der Waals surface area (Å²) >= 11 is 0. The lowest BCUT2D eigenvalue weighted by Gasteiger charge is -2.25. The van der Waals surface area contributed by atoms with Crippen molar-refractivity contribution < 1.29 is 9.90 Å². The first-order valence-corrected chi connectivity index (χ1v) is 9.07. The van der Waals surface area contributed by atoms with E-state index in [9.17, 15) is 9.90 Å². The van der Waals surface area contributed by atoms with Gasteiger partial charge in [-0.15, -0.1) is 24.0 Å². The zero-order chi connectivity index (χ0) is 19.7. The third kappa shape index (κ3) is 7.12. The minimum absolute atomic E-state index is 0. The summed E-state index contributed by atoms with van der Waals surface area (Å²) in [7, 11) is 1.61. The number of amides is 1. The van der Waals surface area contributed by atoms with Gasteiger partial charge in [-0.3, -0.25) is 4.79 Å². The summed E-state index contributed by atoms with van der Waals surface area (Å²) < 4.78 is 0. The van der Waals surface area contributed by atoms with Crippen molar-refractivity contribution in [2.24, 2.45) is 4.99 Å². The van der Waals surface area contributed by atoms with E-state index in [2.05, 4.69) is 20.9 Å². The average molecular weight is 496 g/mol. The van der Waals surface area contributed by atoms with Crippen LogP contribution < -0.4 is 16.0 Å². The van der Waals surface area contributed by atoms with Crippen LogP contribution in [-0.2, 0) is 12.1 Å². The molecular weight excluding hydrogens is 467 g/mol. The van der Waals surface area contributed by atoms with Gasteiger partial charge in [0.2, 0.25) is 0 Å². The van der Waals surface area contributed by atoms with Crippen molar-refractivity contribution in [3.63, 3.8) is 0 Å². The minimum atomic E-state index is -1.02. The standard InChI is InChI=1S/C21H28N4O2.HI/c1-4-23-20(25-15-21(2,27)18-11-6-5-7-12-18)24-14-16-9-8-10-17(13-16)19(26)22-3;/h5-13,27H,4,14-15H2,1-3H3,(H,22,26)(H2,23,24,25);1H. The molecule has 0 radical (unpaired) electrons. The van der Waals surface area contributed by atoms with Gasteiger partial charge in [-0.2, -0.15) is 0 Å². The summed E-state index contributed by atoms with van der Waals surface area (Å²) in [6, 6.07) is 16.9. The molecule has 0 heterocycles. The molecule has 0 spiro atoms. The van der Waals surface area contributed by atoms with Crippen LogP contribution in [-0.4, -0.2) is 37.1 Å². The molecule has 2 rings (SSSR count). The predicted molar refractivity (Wildman–Crippen MR) is 124 cm³/mol. The van der Waals surface area contributed by atoms with Gasteiger partial charge in [0.15, 0.2) is 5.96 Å². The first-order chi connectivity index (χ1) is 13.0. The van der Waals surface area contributed by atoms with Crippen molar-refractivity contribution in [3.05, 3.63) is 71.3 Å². The lowest BCUT2D eigenvalue weighted by molar-refractivity contribution is 0.0617. The van der Waals surface area contributed by atoms with Gasteiger partial charge < -0.3 is 21.1 Å². The molecule has 7 heteroatoms. The molecule has 1 atom stereocenters. The van der Waals surface area contributed by atoms with E-state index in [1.807, 2.05) is 55.5 Å². The Hall–Kier alpha value is -2.13. The smallest absolute Gasteiger partial charge is 0.251 e. The highest BCUT2D eigenvalue weighted by atomic mass is 127. The average Bonchev–Trinajstić information content (AvgIpc) is 2.70. The van der Waals surface area contributed by atoms with Crippen LogP contribution in [0.2, 0.25) is 0 Å². The van der Waals surface area contributed by atoms with E-state index in [1.165, 1.54) is 0 Å². The van der Waals surface area contributed by atoms with Crippen LogP contribution in [0.5, 0.6) is 0 Å². The maximum absolute atomic E-state index is 11.8. The third-order valence-electron chi connectivity index (χ3n) is 4.18. The van der Waals surface area contributed by atoms with Crippen LogP contribution in [0.3, 0.4) is 0 Å². The van der Waals surface area contributed by atoms with Gasteiger partial charge in [0, 0.05) is 19.2 Å². The Morgan fingerprint density at radius 1 is 1.11 bits per heavy atom. The summed E-state index contributed by atoms with van der Waals surface area (Å²) in [6.45, 7) is 5.21. The fourth-order valence-electron chi connectivity index (χ4n) is 2.62. The molecule has 0 fully saturated rings. The molecule has 28 heavy (non-hydrogen) atoms. The molecule has 6 nitrogen and oxygen atoms in total. The van der Waals surface area contributed by atoms with Crippen molar-refractivity contribution in [3.8, 4) is 0 Å². The molecule has 4 N–H and O–H groups in total. The van der Waals surface area contributed by atoms with Crippen molar-refractivity contribution >= 4 is 35.8 Å². The Kier molecular flexibility index (Phi) is 9.95. The Morgan fingerprint density at radius 2 is 1.82 bits per heavy atom. The van der Waals surface area contributed by atoms with E-state index in [1.54, 1.807) is 20.0 Å². The van der Waals surface area contributed by atoms with E-state index in [0.717, 1.165) is 11.1 Å². The Balaban J connectivity index is 0.00000392. The van der Waals surface area contributed by atoms with E-state index < -0.39 is 5.60 Å². The highest BCUT2D eigenvalue weighted by molar-refractivity contribution is 14.0. The Morgan fingerprint density at radius 3 is 2.46 bits per heavy atom. The van der Waals surface area contributed by atoms with E-state index >= 15 is 0 Å². The SMILES string of the molecule is CCNC(=NCc1cccc(C(=O)NC)c1)NCC(C)(O)c1ccccc1.I. The number of guanidine groups is 1. The summed E-state index contributed by atoms with van der Waals surface area (Å²) in [5, 5.41) is 19.7. The topological polar surface area (TPSA) is 85.8 Å². The third-order valence-corrected chi connectivity index (χ3v) is 4.18. The second kappa shape index (κ2) is 11.7. The van der Waals surface area contributed by atoms with Crippen LogP contribution in [0.1, 0.15) is 35.3 Å². The quantitative estimate of drug-likeness (QED) is 0.270. The normalized spacial score (nSPS) is 13.1. The molecule has 2 aromatic carbocycles. The number of carbonyl (C=O) groups excluding carboxylic acids is 1. The zero-order valence-electron chi connectivity index (χ0n) is 16.5. The van der Waals surface area contributed by atoms with E-state index in [-0.39, 0.29) is 29.9 Å². The minimum Gasteiger partial charge on any atom is -0.384 e. The van der Waals surface area contributed by atoms with Gasteiger partial charge in [-0.1, -0.05) is 42.5 Å². The largest absolute Gasteiger partial charge is 0.384 e. The lowest BCUT2D eigenvalue weighted by Crippen LogP contribution is -2.44. The molecule has 0 saturated carbocycles. The second-order valence-corrected chi connectivity index (χ2v) is 6.47. The number of rotatable bonds is 7. The number of carbonyl (C=O) groups is 1. The molecular formula is C21H29IN4O2. The van der Waals surface area contributed by atoms with E-state index in [4.69, 9.17) is 0 Å². The first-order valence-electron chi connectivity index (χ1n) is 9.07. The van der Waals surface area contributed by atoms with Gasteiger partial charge in [0.25, 0.3) is 5.91 Å². The van der Waals surface area contributed by atoms with Crippen LogP contribution >= 0.6 is 24.0 Å². The number of nitrogens with one attached hydrogen (secondary N) is 3. The molecule has 1 unspecified atom stereocenters. The van der Waals surface area contributed by atoms with Crippen molar-refractivity contribution in [1.82, 2.24) is 16.0 Å². The molecule has 2 aromatic rings. The molecule has 0 aliphatic carbocycles. The van der Waals surface area contributed by atoms with Gasteiger partial charge in [-0.25, -0.2) is 4.99 Å². The highest BCUT2D eigenvalue weighted by Crippen LogP contribution is 2.18. The van der Waals surface area contributed by atoms with Gasteiger partial charge in [-0.05, 0) is 37.1 Å². The van der Waals surface area contributed by atoms with Crippen LogP contribution in [0.4, 0.5) is 0 Å². The predicted octanol–water partition coefficient (Wildman–Crippen LogP) is 2.63. The van der Waals surface area contributed by atoms with Crippen molar-refractivity contribution in [1.29, 1.82) is 0 Å². The number of hydrogen-bond acceptors (Lipinski definition) is 3. The molecule has 0 aliphatic rings. The summed E-state index contributed by atoms with van der Waals surface area (Å²) in [6.07, 6.45) is 0. The number of hydrogen-bond donors (Lipinski definition) is 4. The summed E-state index contributed by atoms with van der Waals surface area (Å²) in [5.41, 5.74) is 1.36. The van der Waals surface area contributed by atoms with Crippen LogP contribution in [0, 0.1) is 0 Å². The van der Waals surface area contributed by atoms with Crippen molar-refractivity contribution in [2.75, 3.05) is 20.1 Å². The Labute approximate surface area is 183 Å². The number of aliphatic imine (C=N–C) groups is 1. The van der Waals surface area contributed by atoms with Crippen LogP contribution in [0.25, 0.3) is 0 Å². The fraction of sp³-hybridized carbons (Fsp3) is 0.333.